The van der Waals surface area contributed by atoms with Crippen molar-refractivity contribution in [1.29, 1.82) is 0 Å². The zero-order chi connectivity index (χ0) is 9.72. The van der Waals surface area contributed by atoms with Crippen molar-refractivity contribution in [3.05, 3.63) is 32.1 Å². The van der Waals surface area contributed by atoms with Crippen LogP contribution in [0.5, 0.6) is 0 Å². The Morgan fingerprint density at radius 1 is 1.42 bits per heavy atom. The van der Waals surface area contributed by atoms with E-state index < -0.39 is 11.2 Å². The zero-order valence-corrected chi connectivity index (χ0v) is 7.97. The lowest BCUT2D eigenvalue weighted by Gasteiger charge is -1.92. The maximum Gasteiger partial charge on any atom is 0.329 e. The van der Waals surface area contributed by atoms with Gasteiger partial charge in [0.2, 0.25) is 0 Å². The van der Waals surface area contributed by atoms with Crippen LogP contribution < -0.4 is 11.2 Å². The fraction of sp³-hybridized carbons (Fsp3) is 0.429. The molecule has 1 N–H and O–H groups in total. The fourth-order valence-corrected chi connectivity index (χ4v) is 0.702. The average Bonchev–Trinajstić information content (AvgIpc) is 2.04. The van der Waals surface area contributed by atoms with Crippen LogP contribution in [0.3, 0.4) is 0 Å². The van der Waals surface area contributed by atoms with E-state index in [0.29, 0.717) is 0 Å². The molecule has 0 saturated carbocycles. The molecule has 12 heavy (non-hydrogen) atoms. The maximum atomic E-state index is 10.7. The van der Waals surface area contributed by atoms with Crippen LogP contribution in [0.25, 0.3) is 0 Å². The molecule has 1 aromatic heterocycles. The summed E-state index contributed by atoms with van der Waals surface area (Å²) in [5.41, 5.74) is -0.911. The van der Waals surface area contributed by atoms with Crippen molar-refractivity contribution in [2.75, 3.05) is 0 Å². The number of nitrogens with zero attached hydrogens (tertiary/aromatic N) is 1. The summed E-state index contributed by atoms with van der Waals surface area (Å²) < 4.78 is 0.936. The molecule has 1 aromatic rings. The van der Waals surface area contributed by atoms with Gasteiger partial charge in [-0.1, -0.05) is 25.4 Å². The fourth-order valence-electron chi connectivity index (χ4n) is 0.527. The largest absolute Gasteiger partial charge is 0.329 e. The highest BCUT2D eigenvalue weighted by Gasteiger charge is 1.95. The van der Waals surface area contributed by atoms with Gasteiger partial charge in [-0.05, 0) is 0 Å². The predicted molar refractivity (Wildman–Crippen MR) is 48.7 cm³/mol. The van der Waals surface area contributed by atoms with Gasteiger partial charge in [0.15, 0.2) is 0 Å². The summed E-state index contributed by atoms with van der Waals surface area (Å²) in [6.07, 6.45) is 0. The Labute approximate surface area is 74.8 Å². The van der Waals surface area contributed by atoms with Crippen molar-refractivity contribution in [3.8, 4) is 0 Å². The Kier molecular flexibility index (Phi) is 4.36. The standard InChI is InChI=1S/C5H5ClN2O2.C2H6/c1-8-4(9)2-3(6)7-5(8)10;1-2/h2H,1H3,(H,7,10);1-2H3. The van der Waals surface area contributed by atoms with E-state index in [0.717, 1.165) is 10.6 Å². The number of aromatic nitrogens is 2. The van der Waals surface area contributed by atoms with E-state index in [1.165, 1.54) is 7.05 Å². The number of hydrogen-bond acceptors (Lipinski definition) is 2. The molecule has 0 amide bonds. The molecule has 0 aromatic carbocycles. The minimum absolute atomic E-state index is 0.0631. The lowest BCUT2D eigenvalue weighted by atomic mass is 10.6. The van der Waals surface area contributed by atoms with Crippen molar-refractivity contribution in [3.63, 3.8) is 0 Å². The summed E-state index contributed by atoms with van der Waals surface area (Å²) in [4.78, 5) is 23.7. The number of halogens is 1. The first-order valence-corrected chi connectivity index (χ1v) is 3.95. The van der Waals surface area contributed by atoms with Gasteiger partial charge in [0.05, 0.1) is 0 Å². The topological polar surface area (TPSA) is 54.9 Å². The Morgan fingerprint density at radius 2 is 1.92 bits per heavy atom. The van der Waals surface area contributed by atoms with Gasteiger partial charge in [0.1, 0.15) is 5.15 Å². The van der Waals surface area contributed by atoms with Crippen molar-refractivity contribution in [1.82, 2.24) is 9.55 Å². The van der Waals surface area contributed by atoms with Crippen LogP contribution >= 0.6 is 11.6 Å². The molecule has 0 unspecified atom stereocenters. The molecule has 68 valence electrons. The van der Waals surface area contributed by atoms with Gasteiger partial charge in [-0.2, -0.15) is 0 Å². The van der Waals surface area contributed by atoms with Gasteiger partial charge in [0.25, 0.3) is 5.56 Å². The van der Waals surface area contributed by atoms with E-state index >= 15 is 0 Å². The molecule has 0 aliphatic carbocycles. The molecular weight excluding hydrogens is 180 g/mol. The molecule has 0 fully saturated rings. The van der Waals surface area contributed by atoms with Gasteiger partial charge in [-0.15, -0.1) is 0 Å². The van der Waals surface area contributed by atoms with Gasteiger partial charge in [-0.25, -0.2) is 4.79 Å². The minimum atomic E-state index is -0.502. The highest BCUT2D eigenvalue weighted by Crippen LogP contribution is 1.92. The van der Waals surface area contributed by atoms with Gasteiger partial charge < -0.3 is 0 Å². The van der Waals surface area contributed by atoms with Gasteiger partial charge in [0, 0.05) is 13.1 Å². The van der Waals surface area contributed by atoms with E-state index in [9.17, 15) is 9.59 Å². The second-order valence-corrected chi connectivity index (χ2v) is 2.23. The Bertz CT molecular complexity index is 322. The van der Waals surface area contributed by atoms with Crippen molar-refractivity contribution >= 4 is 11.6 Å². The van der Waals surface area contributed by atoms with Crippen LogP contribution in [0.4, 0.5) is 0 Å². The van der Waals surface area contributed by atoms with Crippen LogP contribution in [0, 0.1) is 0 Å². The SMILES string of the molecule is CC.Cn1c(=O)cc(Cl)[nH]c1=O. The number of rotatable bonds is 0. The van der Waals surface area contributed by atoms with E-state index in [1.807, 2.05) is 13.8 Å². The molecule has 4 nitrogen and oxygen atoms in total. The smallest absolute Gasteiger partial charge is 0.298 e. The molecule has 0 atom stereocenters. The molecule has 0 aliphatic heterocycles. The Hall–Kier alpha value is -1.03. The molecule has 0 saturated heterocycles. The summed E-state index contributed by atoms with van der Waals surface area (Å²) in [6, 6.07) is 1.14. The van der Waals surface area contributed by atoms with Crippen molar-refractivity contribution in [2.24, 2.45) is 7.05 Å². The van der Waals surface area contributed by atoms with Crippen LogP contribution in [0.15, 0.2) is 15.7 Å². The predicted octanol–water partition coefficient (Wildman–Crippen LogP) is 0.753. The number of aromatic amines is 1. The van der Waals surface area contributed by atoms with Crippen molar-refractivity contribution < 1.29 is 0 Å². The second kappa shape index (κ2) is 4.77. The van der Waals surface area contributed by atoms with Gasteiger partial charge >= 0.3 is 5.69 Å². The third-order valence-electron chi connectivity index (χ3n) is 1.11. The van der Waals surface area contributed by atoms with Gasteiger partial charge in [-0.3, -0.25) is 14.3 Å². The number of H-pyrrole nitrogens is 1. The summed E-state index contributed by atoms with van der Waals surface area (Å²) in [5, 5.41) is 0.0631. The highest BCUT2D eigenvalue weighted by molar-refractivity contribution is 6.29. The average molecular weight is 191 g/mol. The first-order valence-electron chi connectivity index (χ1n) is 3.57. The van der Waals surface area contributed by atoms with E-state index in [-0.39, 0.29) is 5.15 Å². The van der Waals surface area contributed by atoms with Crippen LogP contribution in [0.2, 0.25) is 5.15 Å². The van der Waals surface area contributed by atoms with Crippen LogP contribution in [-0.4, -0.2) is 9.55 Å². The maximum absolute atomic E-state index is 10.7. The first kappa shape index (κ1) is 11.0. The van der Waals surface area contributed by atoms with E-state index in [4.69, 9.17) is 11.6 Å². The first-order chi connectivity index (χ1) is 5.61. The molecule has 1 heterocycles. The van der Waals surface area contributed by atoms with E-state index in [1.54, 1.807) is 0 Å². The summed E-state index contributed by atoms with van der Waals surface area (Å²) in [5.74, 6) is 0. The lowest BCUT2D eigenvalue weighted by molar-refractivity contribution is 0.776. The molecule has 0 spiro atoms. The highest BCUT2D eigenvalue weighted by atomic mass is 35.5. The Morgan fingerprint density at radius 3 is 2.33 bits per heavy atom. The van der Waals surface area contributed by atoms with E-state index in [2.05, 4.69) is 4.98 Å². The minimum Gasteiger partial charge on any atom is -0.298 e. The number of nitrogens with one attached hydrogen (secondary N) is 1. The lowest BCUT2D eigenvalue weighted by Crippen LogP contribution is -2.31. The molecule has 0 aliphatic rings. The third-order valence-corrected chi connectivity index (χ3v) is 1.32. The molecule has 1 rings (SSSR count). The normalized spacial score (nSPS) is 8.67. The number of hydrogen-bond donors (Lipinski definition) is 1. The van der Waals surface area contributed by atoms with Crippen molar-refractivity contribution in [2.45, 2.75) is 13.8 Å². The Balaban J connectivity index is 0.000000561. The summed E-state index contributed by atoms with van der Waals surface area (Å²) in [7, 11) is 1.37. The second-order valence-electron chi connectivity index (χ2n) is 1.82. The molecule has 0 bridgehead atoms. The monoisotopic (exact) mass is 190 g/mol. The zero-order valence-electron chi connectivity index (χ0n) is 7.22. The van der Waals surface area contributed by atoms with Crippen LogP contribution in [0.1, 0.15) is 13.8 Å². The summed E-state index contributed by atoms with van der Waals surface area (Å²) in [6.45, 7) is 4.00. The molecular formula is C7H11ClN2O2. The molecule has 5 heteroatoms. The quantitative estimate of drug-likeness (QED) is 0.614. The third kappa shape index (κ3) is 2.54. The summed E-state index contributed by atoms with van der Waals surface area (Å²) >= 11 is 5.35. The molecule has 0 radical (unpaired) electrons. The van der Waals surface area contributed by atoms with Crippen LogP contribution in [-0.2, 0) is 7.05 Å².